The SMILES string of the molecule is O=C(O)C1CCCCN1S(=O)(=O)Nc1ccc(Br)cc1. The molecule has 1 fully saturated rings. The average molecular weight is 363 g/mol. The fourth-order valence-electron chi connectivity index (χ4n) is 2.16. The zero-order valence-corrected chi connectivity index (χ0v) is 13.0. The molecule has 0 aliphatic carbocycles. The van der Waals surface area contributed by atoms with Crippen LogP contribution >= 0.6 is 15.9 Å². The first-order chi connectivity index (χ1) is 9.40. The highest BCUT2D eigenvalue weighted by Gasteiger charge is 2.36. The average Bonchev–Trinajstić information content (AvgIpc) is 2.41. The van der Waals surface area contributed by atoms with Crippen molar-refractivity contribution < 1.29 is 18.3 Å². The van der Waals surface area contributed by atoms with Crippen molar-refractivity contribution in [2.45, 2.75) is 25.3 Å². The van der Waals surface area contributed by atoms with Crippen LogP contribution in [0.5, 0.6) is 0 Å². The minimum Gasteiger partial charge on any atom is -0.480 e. The number of anilines is 1. The number of aliphatic carboxylic acids is 1. The first-order valence-corrected chi connectivity index (χ1v) is 8.41. The monoisotopic (exact) mass is 362 g/mol. The van der Waals surface area contributed by atoms with Crippen LogP contribution in [0.2, 0.25) is 0 Å². The van der Waals surface area contributed by atoms with Gasteiger partial charge in [0.15, 0.2) is 0 Å². The standard InChI is InChI=1S/C12H15BrN2O4S/c13-9-4-6-10(7-5-9)14-20(18,19)15-8-2-1-3-11(15)12(16)17/h4-7,11,14H,1-3,8H2,(H,16,17). The molecule has 0 aromatic heterocycles. The van der Waals surface area contributed by atoms with Crippen molar-refractivity contribution in [1.29, 1.82) is 0 Å². The van der Waals surface area contributed by atoms with Crippen molar-refractivity contribution in [2.24, 2.45) is 0 Å². The summed E-state index contributed by atoms with van der Waals surface area (Å²) >= 11 is 3.26. The number of halogens is 1. The Balaban J connectivity index is 2.20. The molecule has 20 heavy (non-hydrogen) atoms. The van der Waals surface area contributed by atoms with Crippen LogP contribution in [-0.2, 0) is 15.0 Å². The van der Waals surface area contributed by atoms with Crippen molar-refractivity contribution in [3.8, 4) is 0 Å². The molecule has 1 aliphatic rings. The summed E-state index contributed by atoms with van der Waals surface area (Å²) in [6, 6.07) is 5.66. The second-order valence-corrected chi connectivity index (χ2v) is 7.11. The molecule has 1 saturated heterocycles. The Labute approximate surface area is 126 Å². The molecule has 1 unspecified atom stereocenters. The molecule has 0 spiro atoms. The second kappa shape index (κ2) is 6.11. The Morgan fingerprint density at radius 2 is 1.95 bits per heavy atom. The van der Waals surface area contributed by atoms with E-state index in [2.05, 4.69) is 20.7 Å². The molecular formula is C12H15BrN2O4S. The third kappa shape index (κ3) is 3.50. The van der Waals surface area contributed by atoms with Gasteiger partial charge in [0.2, 0.25) is 0 Å². The lowest BCUT2D eigenvalue weighted by molar-refractivity contribution is -0.142. The van der Waals surface area contributed by atoms with Gasteiger partial charge in [-0.05, 0) is 43.5 Å². The van der Waals surface area contributed by atoms with E-state index in [-0.39, 0.29) is 6.54 Å². The predicted molar refractivity (Wildman–Crippen MR) is 78.7 cm³/mol. The number of hydrogen-bond acceptors (Lipinski definition) is 3. The Hall–Kier alpha value is -1.12. The number of carboxylic acid groups (broad SMARTS) is 1. The number of hydrogen-bond donors (Lipinski definition) is 2. The molecule has 110 valence electrons. The van der Waals surface area contributed by atoms with Crippen molar-refractivity contribution in [2.75, 3.05) is 11.3 Å². The van der Waals surface area contributed by atoms with Gasteiger partial charge in [0, 0.05) is 16.7 Å². The highest BCUT2D eigenvalue weighted by molar-refractivity contribution is 9.10. The van der Waals surface area contributed by atoms with E-state index >= 15 is 0 Å². The Morgan fingerprint density at radius 3 is 2.55 bits per heavy atom. The Morgan fingerprint density at radius 1 is 1.30 bits per heavy atom. The van der Waals surface area contributed by atoms with E-state index in [1.54, 1.807) is 24.3 Å². The molecule has 0 radical (unpaired) electrons. The number of rotatable bonds is 4. The van der Waals surface area contributed by atoms with E-state index in [0.29, 0.717) is 18.5 Å². The van der Waals surface area contributed by atoms with Gasteiger partial charge in [0.1, 0.15) is 6.04 Å². The fourth-order valence-corrected chi connectivity index (χ4v) is 3.88. The van der Waals surface area contributed by atoms with E-state index in [1.807, 2.05) is 0 Å². The smallest absolute Gasteiger partial charge is 0.322 e. The molecule has 1 aromatic rings. The highest BCUT2D eigenvalue weighted by atomic mass is 79.9. The van der Waals surface area contributed by atoms with Gasteiger partial charge in [0.25, 0.3) is 0 Å². The number of nitrogens with zero attached hydrogens (tertiary/aromatic N) is 1. The summed E-state index contributed by atoms with van der Waals surface area (Å²) in [5, 5.41) is 9.13. The molecule has 2 rings (SSSR count). The number of carbonyl (C=O) groups is 1. The van der Waals surface area contributed by atoms with Crippen LogP contribution in [0.3, 0.4) is 0 Å². The first kappa shape index (κ1) is 15.3. The molecule has 8 heteroatoms. The summed E-state index contributed by atoms with van der Waals surface area (Å²) in [6.07, 6.45) is 1.74. The number of nitrogens with one attached hydrogen (secondary N) is 1. The zero-order valence-electron chi connectivity index (χ0n) is 10.6. The van der Waals surface area contributed by atoms with Gasteiger partial charge in [-0.25, -0.2) is 0 Å². The molecular weight excluding hydrogens is 348 g/mol. The maximum atomic E-state index is 12.3. The molecule has 0 saturated carbocycles. The summed E-state index contributed by atoms with van der Waals surface area (Å²) in [4.78, 5) is 11.2. The topological polar surface area (TPSA) is 86.7 Å². The predicted octanol–water partition coefficient (Wildman–Crippen LogP) is 2.04. The number of benzene rings is 1. The van der Waals surface area contributed by atoms with Crippen LogP contribution in [0.4, 0.5) is 5.69 Å². The van der Waals surface area contributed by atoms with Gasteiger partial charge < -0.3 is 5.11 Å². The van der Waals surface area contributed by atoms with Crippen LogP contribution in [0.1, 0.15) is 19.3 Å². The largest absolute Gasteiger partial charge is 0.480 e. The summed E-state index contributed by atoms with van der Waals surface area (Å²) in [7, 11) is -3.86. The summed E-state index contributed by atoms with van der Waals surface area (Å²) in [5.74, 6) is -1.11. The maximum absolute atomic E-state index is 12.3. The molecule has 2 N–H and O–H groups in total. The molecule has 1 heterocycles. The van der Waals surface area contributed by atoms with Gasteiger partial charge in [0.05, 0.1) is 0 Å². The molecule has 1 aromatic carbocycles. The third-order valence-electron chi connectivity index (χ3n) is 3.14. The van der Waals surface area contributed by atoms with Gasteiger partial charge in [-0.2, -0.15) is 12.7 Å². The summed E-state index contributed by atoms with van der Waals surface area (Å²) in [6.45, 7) is 0.225. The highest BCUT2D eigenvalue weighted by Crippen LogP contribution is 2.23. The maximum Gasteiger partial charge on any atom is 0.322 e. The van der Waals surface area contributed by atoms with Crippen molar-refractivity contribution >= 4 is 37.8 Å². The molecule has 1 atom stereocenters. The minimum absolute atomic E-state index is 0.225. The quantitative estimate of drug-likeness (QED) is 0.857. The number of carboxylic acids is 1. The van der Waals surface area contributed by atoms with Gasteiger partial charge in [-0.3, -0.25) is 9.52 Å². The lowest BCUT2D eigenvalue weighted by Crippen LogP contribution is -2.49. The molecule has 1 aliphatic heterocycles. The summed E-state index contributed by atoms with van der Waals surface area (Å²) in [5.41, 5.74) is 0.405. The van der Waals surface area contributed by atoms with Gasteiger partial charge in [-0.1, -0.05) is 15.9 Å². The van der Waals surface area contributed by atoms with Gasteiger partial charge >= 0.3 is 16.2 Å². The second-order valence-electron chi connectivity index (χ2n) is 4.57. The zero-order chi connectivity index (χ0) is 14.8. The van der Waals surface area contributed by atoms with Crippen LogP contribution in [0.25, 0.3) is 0 Å². The van der Waals surface area contributed by atoms with Crippen LogP contribution < -0.4 is 4.72 Å². The van der Waals surface area contributed by atoms with Crippen LogP contribution in [0, 0.1) is 0 Å². The van der Waals surface area contributed by atoms with Crippen molar-refractivity contribution in [1.82, 2.24) is 4.31 Å². The normalized spacial score (nSPS) is 20.6. The molecule has 0 amide bonds. The van der Waals surface area contributed by atoms with Crippen molar-refractivity contribution in [3.63, 3.8) is 0 Å². The van der Waals surface area contributed by atoms with Crippen LogP contribution in [-0.4, -0.2) is 36.4 Å². The first-order valence-electron chi connectivity index (χ1n) is 6.18. The Kier molecular flexibility index (Phi) is 4.66. The van der Waals surface area contributed by atoms with Crippen LogP contribution in [0.15, 0.2) is 28.7 Å². The number of piperidine rings is 1. The summed E-state index contributed by atoms with van der Waals surface area (Å²) < 4.78 is 28.9. The lowest BCUT2D eigenvalue weighted by Gasteiger charge is -2.31. The Bertz CT molecular complexity index is 588. The third-order valence-corrected chi connectivity index (χ3v) is 5.22. The van der Waals surface area contributed by atoms with Gasteiger partial charge in [-0.15, -0.1) is 0 Å². The van der Waals surface area contributed by atoms with E-state index in [0.717, 1.165) is 15.2 Å². The molecule has 0 bridgehead atoms. The minimum atomic E-state index is -3.86. The van der Waals surface area contributed by atoms with E-state index < -0.39 is 22.2 Å². The van der Waals surface area contributed by atoms with E-state index in [1.165, 1.54) is 0 Å². The van der Waals surface area contributed by atoms with Crippen molar-refractivity contribution in [3.05, 3.63) is 28.7 Å². The van der Waals surface area contributed by atoms with E-state index in [4.69, 9.17) is 5.11 Å². The van der Waals surface area contributed by atoms with E-state index in [9.17, 15) is 13.2 Å². The fraction of sp³-hybridized carbons (Fsp3) is 0.417. The lowest BCUT2D eigenvalue weighted by atomic mass is 10.1. The molecule has 6 nitrogen and oxygen atoms in total.